The number of piperidine rings is 1. The van der Waals surface area contributed by atoms with E-state index in [9.17, 15) is 4.39 Å². The molecule has 1 atom stereocenters. The van der Waals surface area contributed by atoms with E-state index in [0.717, 1.165) is 66.9 Å². The van der Waals surface area contributed by atoms with Crippen LogP contribution in [0.25, 0.3) is 11.1 Å². The van der Waals surface area contributed by atoms with Gasteiger partial charge in [-0.25, -0.2) is 14.4 Å². The van der Waals surface area contributed by atoms with E-state index in [1.165, 1.54) is 0 Å². The number of nitrogens with zero attached hydrogens (tertiary/aromatic N) is 4. The van der Waals surface area contributed by atoms with Crippen LogP contribution in [0.2, 0.25) is 0 Å². The van der Waals surface area contributed by atoms with Gasteiger partial charge in [-0.15, -0.1) is 0 Å². The third-order valence-corrected chi connectivity index (χ3v) is 5.59. The number of benzene rings is 1. The van der Waals surface area contributed by atoms with Crippen molar-refractivity contribution in [3.63, 3.8) is 0 Å². The first-order valence-corrected chi connectivity index (χ1v) is 10.5. The van der Waals surface area contributed by atoms with E-state index in [1.54, 1.807) is 24.5 Å². The molecule has 3 heterocycles. The Hall–Kier alpha value is -2.66. The van der Waals surface area contributed by atoms with Crippen molar-refractivity contribution in [2.24, 2.45) is 0 Å². The average Bonchev–Trinajstić information content (AvgIpc) is 2.77. The van der Waals surface area contributed by atoms with Gasteiger partial charge >= 0.3 is 0 Å². The maximum Gasteiger partial charge on any atom is 0.128 e. The largest absolute Gasteiger partial charge is 0.290 e. The minimum atomic E-state index is -0.138. The molecule has 0 amide bonds. The highest BCUT2D eigenvalue weighted by Crippen LogP contribution is 2.36. The number of aryl methyl sites for hydroxylation is 1. The van der Waals surface area contributed by atoms with Crippen molar-refractivity contribution >= 4 is 0 Å². The topological polar surface area (TPSA) is 41.9 Å². The smallest absolute Gasteiger partial charge is 0.128 e. The Morgan fingerprint density at radius 1 is 1.10 bits per heavy atom. The van der Waals surface area contributed by atoms with Crippen LogP contribution in [0.1, 0.15) is 55.7 Å². The van der Waals surface area contributed by atoms with E-state index in [2.05, 4.69) is 21.8 Å². The summed E-state index contributed by atoms with van der Waals surface area (Å²) in [6.07, 6.45) is 10.7. The van der Waals surface area contributed by atoms with Crippen LogP contribution in [-0.2, 0) is 13.0 Å². The molecule has 0 saturated carbocycles. The van der Waals surface area contributed by atoms with Gasteiger partial charge in [-0.2, -0.15) is 0 Å². The van der Waals surface area contributed by atoms with E-state index in [4.69, 9.17) is 4.98 Å². The highest BCUT2D eigenvalue weighted by atomic mass is 19.1. The van der Waals surface area contributed by atoms with Gasteiger partial charge in [0.1, 0.15) is 11.6 Å². The van der Waals surface area contributed by atoms with Crippen molar-refractivity contribution in [1.82, 2.24) is 19.9 Å². The summed E-state index contributed by atoms with van der Waals surface area (Å²) < 4.78 is 14.3. The molecule has 4 rings (SSSR count). The fourth-order valence-corrected chi connectivity index (χ4v) is 4.12. The molecule has 1 aromatic carbocycles. The number of likely N-dealkylation sites (tertiary alicyclic amines) is 1. The molecule has 150 valence electrons. The summed E-state index contributed by atoms with van der Waals surface area (Å²) in [6, 6.07) is 11.2. The third kappa shape index (κ3) is 4.51. The minimum absolute atomic E-state index is 0.138. The van der Waals surface area contributed by atoms with Gasteiger partial charge in [0, 0.05) is 42.7 Å². The van der Waals surface area contributed by atoms with Crippen molar-refractivity contribution in [2.75, 3.05) is 6.54 Å². The molecule has 4 nitrogen and oxygen atoms in total. The van der Waals surface area contributed by atoms with Crippen molar-refractivity contribution in [3.05, 3.63) is 77.9 Å². The second kappa shape index (κ2) is 9.23. The molecule has 1 saturated heterocycles. The van der Waals surface area contributed by atoms with Crippen molar-refractivity contribution in [1.29, 1.82) is 0 Å². The molecular formula is C24H27FN4. The number of hydrogen-bond acceptors (Lipinski definition) is 4. The first kappa shape index (κ1) is 19.6. The third-order valence-electron chi connectivity index (χ3n) is 5.59. The van der Waals surface area contributed by atoms with Crippen LogP contribution in [0, 0.1) is 5.82 Å². The first-order valence-electron chi connectivity index (χ1n) is 10.5. The van der Waals surface area contributed by atoms with Crippen LogP contribution in [0.3, 0.4) is 0 Å². The minimum Gasteiger partial charge on any atom is -0.290 e. The standard InChI is InChI=1S/C24H27FN4/c1-2-7-23-27-16-20(18-11-13-26-14-12-18)24(28-23)22-10-5-6-15-29(22)17-19-8-3-4-9-21(19)25/h3-4,8-9,11-14,16,22H,2,5-7,10,15,17H2,1H3/t22-/m0/s1. The second-order valence-corrected chi connectivity index (χ2v) is 7.64. The molecule has 29 heavy (non-hydrogen) atoms. The summed E-state index contributed by atoms with van der Waals surface area (Å²) in [6.45, 7) is 3.69. The molecule has 1 aliphatic heterocycles. The fraction of sp³-hybridized carbons (Fsp3) is 0.375. The highest BCUT2D eigenvalue weighted by Gasteiger charge is 2.28. The Morgan fingerprint density at radius 3 is 2.72 bits per heavy atom. The maximum absolute atomic E-state index is 14.3. The highest BCUT2D eigenvalue weighted by molar-refractivity contribution is 5.65. The zero-order valence-corrected chi connectivity index (χ0v) is 16.9. The SMILES string of the molecule is CCCc1ncc(-c2ccncc2)c([C@@H]2CCCCN2Cc2ccccc2F)n1. The molecule has 0 radical (unpaired) electrons. The summed E-state index contributed by atoms with van der Waals surface area (Å²) in [7, 11) is 0. The number of rotatable bonds is 6. The molecule has 1 fully saturated rings. The van der Waals surface area contributed by atoms with Gasteiger partial charge < -0.3 is 0 Å². The van der Waals surface area contributed by atoms with E-state index in [1.807, 2.05) is 30.5 Å². The number of halogens is 1. The molecule has 0 aliphatic carbocycles. The van der Waals surface area contributed by atoms with E-state index >= 15 is 0 Å². The summed E-state index contributed by atoms with van der Waals surface area (Å²) in [5.41, 5.74) is 3.94. The van der Waals surface area contributed by atoms with Crippen LogP contribution >= 0.6 is 0 Å². The molecule has 0 bridgehead atoms. The molecule has 0 spiro atoms. The Labute approximate surface area is 171 Å². The predicted molar refractivity (Wildman–Crippen MR) is 113 cm³/mol. The monoisotopic (exact) mass is 390 g/mol. The predicted octanol–water partition coefficient (Wildman–Crippen LogP) is 5.36. The molecule has 0 unspecified atom stereocenters. The van der Waals surface area contributed by atoms with Crippen LogP contribution in [-0.4, -0.2) is 26.4 Å². The second-order valence-electron chi connectivity index (χ2n) is 7.64. The zero-order valence-electron chi connectivity index (χ0n) is 16.9. The number of aromatic nitrogens is 3. The molecule has 3 aromatic rings. The first-order chi connectivity index (χ1) is 14.3. The van der Waals surface area contributed by atoms with Gasteiger partial charge in [0.05, 0.1) is 11.7 Å². The molecular weight excluding hydrogens is 363 g/mol. The van der Waals surface area contributed by atoms with Crippen LogP contribution in [0.5, 0.6) is 0 Å². The Morgan fingerprint density at radius 2 is 1.93 bits per heavy atom. The Balaban J connectivity index is 1.73. The van der Waals surface area contributed by atoms with Crippen molar-refractivity contribution in [2.45, 2.75) is 51.6 Å². The van der Waals surface area contributed by atoms with Gasteiger partial charge in [0.25, 0.3) is 0 Å². The lowest BCUT2D eigenvalue weighted by Gasteiger charge is -2.36. The Kier molecular flexibility index (Phi) is 6.25. The molecule has 1 aliphatic rings. The molecule has 0 N–H and O–H groups in total. The van der Waals surface area contributed by atoms with Crippen LogP contribution in [0.15, 0.2) is 55.0 Å². The quantitative estimate of drug-likeness (QED) is 0.568. The van der Waals surface area contributed by atoms with E-state index in [-0.39, 0.29) is 11.9 Å². The molecule has 5 heteroatoms. The fourth-order valence-electron chi connectivity index (χ4n) is 4.12. The summed E-state index contributed by atoms with van der Waals surface area (Å²) in [5, 5.41) is 0. The average molecular weight is 391 g/mol. The van der Waals surface area contributed by atoms with E-state index in [0.29, 0.717) is 6.54 Å². The maximum atomic E-state index is 14.3. The van der Waals surface area contributed by atoms with Crippen LogP contribution in [0.4, 0.5) is 4.39 Å². The lowest BCUT2D eigenvalue weighted by atomic mass is 9.93. The van der Waals surface area contributed by atoms with Gasteiger partial charge in [-0.05, 0) is 49.6 Å². The lowest BCUT2D eigenvalue weighted by Crippen LogP contribution is -2.34. The zero-order chi connectivity index (χ0) is 20.1. The Bertz CT molecular complexity index is 945. The van der Waals surface area contributed by atoms with Gasteiger partial charge in [0.15, 0.2) is 0 Å². The van der Waals surface area contributed by atoms with E-state index < -0.39 is 0 Å². The van der Waals surface area contributed by atoms with Crippen molar-refractivity contribution in [3.8, 4) is 11.1 Å². The number of hydrogen-bond donors (Lipinski definition) is 0. The van der Waals surface area contributed by atoms with Gasteiger partial charge in [-0.1, -0.05) is 31.5 Å². The summed E-state index contributed by atoms with van der Waals surface area (Å²) in [5.74, 6) is 0.747. The van der Waals surface area contributed by atoms with Crippen molar-refractivity contribution < 1.29 is 4.39 Å². The van der Waals surface area contributed by atoms with Crippen LogP contribution < -0.4 is 0 Å². The number of pyridine rings is 1. The molecule has 2 aromatic heterocycles. The van der Waals surface area contributed by atoms with Gasteiger partial charge in [0.2, 0.25) is 0 Å². The lowest BCUT2D eigenvalue weighted by molar-refractivity contribution is 0.136. The van der Waals surface area contributed by atoms with Gasteiger partial charge in [-0.3, -0.25) is 9.88 Å². The summed E-state index contributed by atoms with van der Waals surface area (Å²) >= 11 is 0. The normalized spacial score (nSPS) is 17.4. The summed E-state index contributed by atoms with van der Waals surface area (Å²) in [4.78, 5) is 16.2.